The molecular weight excluding hydrogens is 248 g/mol. The molecule has 0 N–H and O–H groups in total. The quantitative estimate of drug-likeness (QED) is 0.606. The molecular formula is C16H26N4. The lowest BCUT2D eigenvalue weighted by atomic mass is 9.93. The fourth-order valence-corrected chi connectivity index (χ4v) is 2.93. The third-order valence-corrected chi connectivity index (χ3v) is 3.73. The van der Waals surface area contributed by atoms with Crippen LogP contribution < -0.4 is 4.90 Å². The Bertz CT molecular complexity index is 469. The van der Waals surface area contributed by atoms with Gasteiger partial charge in [0.05, 0.1) is 0 Å². The molecule has 0 fully saturated rings. The molecule has 0 spiro atoms. The van der Waals surface area contributed by atoms with Crippen LogP contribution in [0.2, 0.25) is 0 Å². The molecule has 1 aliphatic rings. The summed E-state index contributed by atoms with van der Waals surface area (Å²) in [6.45, 7) is 1.96. The molecule has 0 aliphatic carbocycles. The monoisotopic (exact) mass is 274 g/mol. The topological polar surface area (TPSA) is 22.1 Å². The van der Waals surface area contributed by atoms with Gasteiger partial charge in [-0.3, -0.25) is 4.99 Å². The Morgan fingerprint density at radius 1 is 1.20 bits per heavy atom. The van der Waals surface area contributed by atoms with E-state index in [1.165, 1.54) is 11.3 Å². The van der Waals surface area contributed by atoms with Gasteiger partial charge in [0.25, 0.3) is 0 Å². The Hall–Kier alpha value is -1.71. The van der Waals surface area contributed by atoms with Crippen molar-refractivity contribution in [1.29, 1.82) is 0 Å². The molecule has 0 bridgehead atoms. The molecule has 110 valence electrons. The SMILES string of the molecule is CN(C)C(=NCC1Cc2ccccc2N(C)C1)N(C)C. The average molecular weight is 274 g/mol. The van der Waals surface area contributed by atoms with Crippen molar-refractivity contribution in [1.82, 2.24) is 9.80 Å². The van der Waals surface area contributed by atoms with Crippen LogP contribution >= 0.6 is 0 Å². The summed E-state index contributed by atoms with van der Waals surface area (Å²) in [5.74, 6) is 1.62. The standard InChI is InChI=1S/C16H26N4/c1-18(2)16(19(3)4)17-11-13-10-14-8-6-7-9-15(14)20(5)12-13/h6-9,13H,10-12H2,1-5H3. The van der Waals surface area contributed by atoms with Gasteiger partial charge in [-0.05, 0) is 18.1 Å². The normalized spacial score (nSPS) is 17.4. The van der Waals surface area contributed by atoms with Crippen molar-refractivity contribution < 1.29 is 0 Å². The number of rotatable bonds is 2. The number of fused-ring (bicyclic) bond motifs is 1. The van der Waals surface area contributed by atoms with Gasteiger partial charge in [-0.2, -0.15) is 0 Å². The van der Waals surface area contributed by atoms with Crippen LogP contribution in [0.5, 0.6) is 0 Å². The largest absolute Gasteiger partial charge is 0.374 e. The predicted molar refractivity (Wildman–Crippen MR) is 86.6 cm³/mol. The van der Waals surface area contributed by atoms with Crippen molar-refractivity contribution in [2.45, 2.75) is 6.42 Å². The molecule has 1 aromatic rings. The van der Waals surface area contributed by atoms with Crippen LogP contribution in [0, 0.1) is 5.92 Å². The minimum Gasteiger partial charge on any atom is -0.374 e. The van der Waals surface area contributed by atoms with Crippen LogP contribution in [0.25, 0.3) is 0 Å². The van der Waals surface area contributed by atoms with E-state index in [9.17, 15) is 0 Å². The minimum absolute atomic E-state index is 0.588. The molecule has 1 unspecified atom stereocenters. The van der Waals surface area contributed by atoms with Crippen molar-refractivity contribution in [2.24, 2.45) is 10.9 Å². The van der Waals surface area contributed by atoms with Crippen LogP contribution in [0.15, 0.2) is 29.3 Å². The van der Waals surface area contributed by atoms with Crippen LogP contribution in [0.1, 0.15) is 5.56 Å². The summed E-state index contributed by atoms with van der Waals surface area (Å²) in [6, 6.07) is 8.69. The summed E-state index contributed by atoms with van der Waals surface area (Å²) < 4.78 is 0. The number of aliphatic imine (C=N–C) groups is 1. The number of nitrogens with zero attached hydrogens (tertiary/aromatic N) is 4. The van der Waals surface area contributed by atoms with Gasteiger partial charge in [-0.15, -0.1) is 0 Å². The number of benzene rings is 1. The Morgan fingerprint density at radius 2 is 1.85 bits per heavy atom. The first-order valence-electron chi connectivity index (χ1n) is 7.17. The predicted octanol–water partition coefficient (Wildman–Crippen LogP) is 1.77. The van der Waals surface area contributed by atoms with E-state index < -0.39 is 0 Å². The molecule has 4 heteroatoms. The Kier molecular flexibility index (Phi) is 4.53. The molecule has 2 rings (SSSR count). The lowest BCUT2D eigenvalue weighted by Gasteiger charge is -2.33. The second-order valence-corrected chi connectivity index (χ2v) is 6.01. The van der Waals surface area contributed by atoms with Gasteiger partial charge in [0.2, 0.25) is 0 Å². The highest BCUT2D eigenvalue weighted by molar-refractivity contribution is 5.79. The van der Waals surface area contributed by atoms with Crippen molar-refractivity contribution in [2.75, 3.05) is 53.2 Å². The number of hydrogen-bond acceptors (Lipinski definition) is 2. The van der Waals surface area contributed by atoms with Gasteiger partial charge in [-0.25, -0.2) is 0 Å². The molecule has 0 saturated heterocycles. The average Bonchev–Trinajstić information content (AvgIpc) is 2.38. The molecule has 1 heterocycles. The van der Waals surface area contributed by atoms with Crippen molar-refractivity contribution in [3.8, 4) is 0 Å². The summed E-state index contributed by atoms with van der Waals surface area (Å²) in [7, 11) is 10.3. The van der Waals surface area contributed by atoms with Gasteiger partial charge in [0.15, 0.2) is 5.96 Å². The zero-order valence-electron chi connectivity index (χ0n) is 13.3. The molecule has 1 atom stereocenters. The molecule has 20 heavy (non-hydrogen) atoms. The van der Waals surface area contributed by atoms with Crippen molar-refractivity contribution in [3.63, 3.8) is 0 Å². The first-order chi connectivity index (χ1) is 9.49. The Morgan fingerprint density at radius 3 is 2.50 bits per heavy atom. The maximum atomic E-state index is 4.80. The molecule has 0 saturated carbocycles. The Labute approximate surface area is 122 Å². The van der Waals surface area contributed by atoms with Crippen LogP contribution in [0.4, 0.5) is 5.69 Å². The second kappa shape index (κ2) is 6.16. The molecule has 1 aliphatic heterocycles. The van der Waals surface area contributed by atoms with Crippen LogP contribution in [0.3, 0.4) is 0 Å². The van der Waals surface area contributed by atoms with E-state index in [4.69, 9.17) is 4.99 Å². The van der Waals surface area contributed by atoms with E-state index in [1.54, 1.807) is 0 Å². The fraction of sp³-hybridized carbons (Fsp3) is 0.562. The summed E-state index contributed by atoms with van der Waals surface area (Å²) in [4.78, 5) is 11.3. The summed E-state index contributed by atoms with van der Waals surface area (Å²) in [5, 5.41) is 0. The number of anilines is 1. The van der Waals surface area contributed by atoms with Crippen molar-refractivity contribution >= 4 is 11.6 Å². The van der Waals surface area contributed by atoms with E-state index in [-0.39, 0.29) is 0 Å². The van der Waals surface area contributed by atoms with E-state index in [2.05, 4.69) is 46.0 Å². The summed E-state index contributed by atoms with van der Waals surface area (Å²) in [5.41, 5.74) is 2.81. The fourth-order valence-electron chi connectivity index (χ4n) is 2.93. The molecule has 1 aromatic carbocycles. The van der Waals surface area contributed by atoms with Gasteiger partial charge in [-0.1, -0.05) is 18.2 Å². The zero-order chi connectivity index (χ0) is 14.7. The maximum Gasteiger partial charge on any atom is 0.195 e. The van der Waals surface area contributed by atoms with Crippen LogP contribution in [-0.2, 0) is 6.42 Å². The van der Waals surface area contributed by atoms with Gasteiger partial charge >= 0.3 is 0 Å². The van der Waals surface area contributed by atoms with E-state index in [1.807, 2.05) is 28.2 Å². The van der Waals surface area contributed by atoms with Crippen molar-refractivity contribution in [3.05, 3.63) is 29.8 Å². The first kappa shape index (κ1) is 14.7. The van der Waals surface area contributed by atoms with Gasteiger partial charge in [0.1, 0.15) is 0 Å². The highest BCUT2D eigenvalue weighted by Gasteiger charge is 2.21. The van der Waals surface area contributed by atoms with E-state index in [0.717, 1.165) is 25.5 Å². The smallest absolute Gasteiger partial charge is 0.195 e. The molecule has 4 nitrogen and oxygen atoms in total. The molecule has 0 aromatic heterocycles. The third kappa shape index (κ3) is 3.24. The highest BCUT2D eigenvalue weighted by Crippen LogP contribution is 2.28. The van der Waals surface area contributed by atoms with Crippen LogP contribution in [-0.4, -0.2) is 64.1 Å². The van der Waals surface area contributed by atoms with E-state index in [0.29, 0.717) is 5.92 Å². The minimum atomic E-state index is 0.588. The Balaban J connectivity index is 2.08. The first-order valence-corrected chi connectivity index (χ1v) is 7.17. The van der Waals surface area contributed by atoms with Gasteiger partial charge < -0.3 is 14.7 Å². The lowest BCUT2D eigenvalue weighted by molar-refractivity contribution is 0.462. The summed E-state index contributed by atoms with van der Waals surface area (Å²) in [6.07, 6.45) is 1.12. The molecule has 0 radical (unpaired) electrons. The number of para-hydroxylation sites is 1. The number of hydrogen-bond donors (Lipinski definition) is 0. The zero-order valence-corrected chi connectivity index (χ0v) is 13.3. The highest BCUT2D eigenvalue weighted by atomic mass is 15.3. The third-order valence-electron chi connectivity index (χ3n) is 3.73. The summed E-state index contributed by atoms with van der Waals surface area (Å²) >= 11 is 0. The second-order valence-electron chi connectivity index (χ2n) is 6.01. The lowest BCUT2D eigenvalue weighted by Crippen LogP contribution is -2.37. The number of guanidine groups is 1. The van der Waals surface area contributed by atoms with E-state index >= 15 is 0 Å². The van der Waals surface area contributed by atoms with Gasteiger partial charge in [0, 0.05) is 59.9 Å². The molecule has 0 amide bonds. The maximum absolute atomic E-state index is 4.80.